The van der Waals surface area contributed by atoms with Crippen molar-refractivity contribution < 1.29 is 9.16 Å². The lowest BCUT2D eigenvalue weighted by atomic mass is 9.91. The van der Waals surface area contributed by atoms with Gasteiger partial charge in [-0.2, -0.15) is 0 Å². The van der Waals surface area contributed by atoms with Gasteiger partial charge in [0, 0.05) is 30.8 Å². The molecule has 1 fully saturated rings. The molecule has 6 heteroatoms. The lowest BCUT2D eigenvalue weighted by Crippen LogP contribution is -2.48. The van der Waals surface area contributed by atoms with E-state index in [4.69, 9.17) is 19.1 Å². The maximum Gasteiger partial charge on any atom is 0.193 e. The quantitative estimate of drug-likeness (QED) is 0.644. The summed E-state index contributed by atoms with van der Waals surface area (Å²) in [5.74, 6) is 1.86. The molecule has 2 aliphatic rings. The molecule has 0 radical (unpaired) electrons. The number of aryl methyl sites for hydroxylation is 1. The third-order valence-electron chi connectivity index (χ3n) is 6.54. The van der Waals surface area contributed by atoms with Crippen molar-refractivity contribution in [2.75, 3.05) is 31.2 Å². The van der Waals surface area contributed by atoms with Crippen LogP contribution >= 0.6 is 0 Å². The Hall–Kier alpha value is -1.50. The molecule has 3 rings (SSSR count). The van der Waals surface area contributed by atoms with Crippen LogP contribution in [0.15, 0.2) is 18.2 Å². The third-order valence-corrected chi connectivity index (χ3v) is 11.1. The van der Waals surface area contributed by atoms with Crippen molar-refractivity contribution in [3.8, 4) is 0 Å². The van der Waals surface area contributed by atoms with Crippen LogP contribution in [0.1, 0.15) is 51.2 Å². The third kappa shape index (κ3) is 4.81. The molecule has 1 atom stereocenters. The fourth-order valence-corrected chi connectivity index (χ4v) is 5.28. The van der Waals surface area contributed by atoms with Crippen LogP contribution in [0.4, 0.5) is 5.82 Å². The van der Waals surface area contributed by atoms with E-state index >= 15 is 0 Å². The number of morpholine rings is 1. The van der Waals surface area contributed by atoms with Crippen LogP contribution in [-0.2, 0) is 9.16 Å². The zero-order valence-electron chi connectivity index (χ0n) is 19.4. The molecular formula is C23H37N3O2Si. The van der Waals surface area contributed by atoms with Crippen LogP contribution in [0, 0.1) is 13.8 Å². The van der Waals surface area contributed by atoms with Crippen LogP contribution in [0.25, 0.3) is 5.57 Å². The van der Waals surface area contributed by atoms with Crippen molar-refractivity contribution >= 4 is 19.7 Å². The van der Waals surface area contributed by atoms with E-state index in [9.17, 15) is 0 Å². The summed E-state index contributed by atoms with van der Waals surface area (Å²) in [5, 5.41) is 0.172. The second-order valence-corrected chi connectivity index (χ2v) is 14.8. The first-order valence-electron chi connectivity index (χ1n) is 10.7. The minimum absolute atomic E-state index is 0.172. The Labute approximate surface area is 177 Å². The van der Waals surface area contributed by atoms with Gasteiger partial charge in [-0.05, 0) is 44.5 Å². The highest BCUT2D eigenvalue weighted by molar-refractivity contribution is 6.74. The predicted octanol–water partition coefficient (Wildman–Crippen LogP) is 5.05. The van der Waals surface area contributed by atoms with E-state index in [2.05, 4.69) is 77.8 Å². The number of hydrogen-bond donors (Lipinski definition) is 0. The van der Waals surface area contributed by atoms with Crippen molar-refractivity contribution in [3.05, 3.63) is 35.3 Å². The van der Waals surface area contributed by atoms with E-state index in [1.807, 2.05) is 0 Å². The molecule has 2 heterocycles. The Morgan fingerprint density at radius 1 is 1.14 bits per heavy atom. The molecule has 5 nitrogen and oxygen atoms in total. The van der Waals surface area contributed by atoms with Gasteiger partial charge in [0.15, 0.2) is 14.1 Å². The lowest BCUT2D eigenvalue weighted by molar-refractivity contribution is 0.122. The number of nitrogens with zero attached hydrogens (tertiary/aromatic N) is 3. The number of ether oxygens (including phenoxy) is 1. The molecule has 160 valence electrons. The van der Waals surface area contributed by atoms with Gasteiger partial charge in [-0.25, -0.2) is 9.97 Å². The van der Waals surface area contributed by atoms with Crippen LogP contribution in [0.5, 0.6) is 0 Å². The van der Waals surface area contributed by atoms with Crippen molar-refractivity contribution in [1.82, 2.24) is 9.97 Å². The van der Waals surface area contributed by atoms with Crippen molar-refractivity contribution in [1.29, 1.82) is 0 Å². The maximum atomic E-state index is 6.81. The van der Waals surface area contributed by atoms with Gasteiger partial charge in [-0.3, -0.25) is 0 Å². The molecular weight excluding hydrogens is 378 g/mol. The van der Waals surface area contributed by atoms with E-state index in [1.54, 1.807) is 0 Å². The van der Waals surface area contributed by atoms with Crippen molar-refractivity contribution in [3.63, 3.8) is 0 Å². The number of rotatable bonds is 4. The van der Waals surface area contributed by atoms with Gasteiger partial charge in [0.1, 0.15) is 5.82 Å². The average Bonchev–Trinajstić information content (AvgIpc) is 2.63. The van der Waals surface area contributed by atoms with Crippen molar-refractivity contribution in [2.24, 2.45) is 0 Å². The van der Waals surface area contributed by atoms with E-state index in [0.717, 1.165) is 61.2 Å². The molecule has 1 aromatic heterocycles. The molecule has 0 saturated carbocycles. The first-order chi connectivity index (χ1) is 13.4. The molecule has 0 spiro atoms. The average molecular weight is 416 g/mol. The molecule has 1 saturated heterocycles. The summed E-state index contributed by atoms with van der Waals surface area (Å²) in [5.41, 5.74) is 3.02. The summed E-state index contributed by atoms with van der Waals surface area (Å²) in [6.45, 7) is 21.1. The summed E-state index contributed by atoms with van der Waals surface area (Å²) < 4.78 is 12.3. The number of aromatic nitrogens is 2. The molecule has 1 aromatic rings. The molecule has 0 bridgehead atoms. The monoisotopic (exact) mass is 415 g/mol. The van der Waals surface area contributed by atoms with Gasteiger partial charge in [0.05, 0.1) is 18.8 Å². The first-order valence-corrected chi connectivity index (χ1v) is 13.6. The minimum atomic E-state index is -1.89. The van der Waals surface area contributed by atoms with E-state index in [-0.39, 0.29) is 10.6 Å². The number of hydrogen-bond acceptors (Lipinski definition) is 5. The summed E-state index contributed by atoms with van der Waals surface area (Å²) in [6, 6.07) is 0. The SMILES string of the molecule is Cc1nc(C2=CC=CC(C)(O[Si](C)(C)C(C)(C)C)C2)nc(N2CCOCC2)c1C. The second kappa shape index (κ2) is 7.97. The van der Waals surface area contributed by atoms with Gasteiger partial charge < -0.3 is 14.1 Å². The summed E-state index contributed by atoms with van der Waals surface area (Å²) in [7, 11) is -1.89. The van der Waals surface area contributed by atoms with Crippen LogP contribution < -0.4 is 4.90 Å². The van der Waals surface area contributed by atoms with Crippen LogP contribution in [0.2, 0.25) is 18.1 Å². The molecule has 1 unspecified atom stereocenters. The first kappa shape index (κ1) is 22.2. The predicted molar refractivity (Wildman–Crippen MR) is 123 cm³/mol. The maximum absolute atomic E-state index is 6.81. The zero-order chi connectivity index (χ0) is 21.4. The van der Waals surface area contributed by atoms with Gasteiger partial charge in [-0.1, -0.05) is 39.0 Å². The van der Waals surface area contributed by atoms with Crippen molar-refractivity contribution in [2.45, 2.75) is 71.7 Å². The highest BCUT2D eigenvalue weighted by atomic mass is 28.4. The Morgan fingerprint density at radius 2 is 1.79 bits per heavy atom. The van der Waals surface area contributed by atoms with E-state index in [0.29, 0.717) is 0 Å². The Bertz CT molecular complexity index is 820. The fraction of sp³-hybridized carbons (Fsp3) is 0.652. The highest BCUT2D eigenvalue weighted by Crippen LogP contribution is 2.42. The topological polar surface area (TPSA) is 47.5 Å². The number of allylic oxidation sites excluding steroid dienone is 2. The van der Waals surface area contributed by atoms with Gasteiger partial charge in [0.2, 0.25) is 0 Å². The van der Waals surface area contributed by atoms with Gasteiger partial charge >= 0.3 is 0 Å². The van der Waals surface area contributed by atoms with Crippen LogP contribution in [-0.4, -0.2) is 50.2 Å². The van der Waals surface area contributed by atoms with Crippen LogP contribution in [0.3, 0.4) is 0 Å². The normalized spacial score (nSPS) is 23.3. The van der Waals surface area contributed by atoms with E-state index in [1.165, 1.54) is 0 Å². The number of anilines is 1. The highest BCUT2D eigenvalue weighted by Gasteiger charge is 2.43. The summed E-state index contributed by atoms with van der Waals surface area (Å²) in [6.07, 6.45) is 7.24. The zero-order valence-corrected chi connectivity index (χ0v) is 20.4. The molecule has 29 heavy (non-hydrogen) atoms. The smallest absolute Gasteiger partial charge is 0.193 e. The largest absolute Gasteiger partial charge is 0.408 e. The molecule has 0 N–H and O–H groups in total. The molecule has 1 aliphatic heterocycles. The Balaban J connectivity index is 1.88. The standard InChI is InChI=1S/C23H37N3O2Si/c1-17-18(2)24-20(25-21(17)26-12-14-27-15-13-26)19-10-9-11-23(6,16-19)28-29(7,8)22(3,4)5/h9-11H,12-16H2,1-8H3. The molecule has 0 amide bonds. The fourth-order valence-electron chi connectivity index (χ4n) is 3.66. The molecule has 1 aliphatic carbocycles. The van der Waals surface area contributed by atoms with Gasteiger partial charge in [0.25, 0.3) is 0 Å². The van der Waals surface area contributed by atoms with E-state index < -0.39 is 8.32 Å². The van der Waals surface area contributed by atoms with Gasteiger partial charge in [-0.15, -0.1) is 0 Å². The summed E-state index contributed by atoms with van der Waals surface area (Å²) in [4.78, 5) is 12.2. The summed E-state index contributed by atoms with van der Waals surface area (Å²) >= 11 is 0. The Kier molecular flexibility index (Phi) is 6.10. The Morgan fingerprint density at radius 3 is 2.41 bits per heavy atom. The second-order valence-electron chi connectivity index (χ2n) is 10.1. The molecule has 0 aromatic carbocycles. The minimum Gasteiger partial charge on any atom is -0.408 e. The lowest BCUT2D eigenvalue weighted by Gasteiger charge is -2.44.